The molecule has 2 aromatic rings. The molecule has 0 saturated heterocycles. The summed E-state index contributed by atoms with van der Waals surface area (Å²) in [6.45, 7) is 0. The lowest BCUT2D eigenvalue weighted by atomic mass is 10.1. The number of hydrogen-bond donors (Lipinski definition) is 0. The highest BCUT2D eigenvalue weighted by molar-refractivity contribution is 9.08. The number of fused-ring (bicyclic) bond motifs is 1. The molecular weight excluding hydrogens is 249 g/mol. The standard InChI is InChI=1S/C10H7BrClN/c11-6-7-1-2-10-8(5-7)9(12)3-4-13-10/h1-5H,6H2. The molecule has 2 rings (SSSR count). The molecule has 0 atom stereocenters. The van der Waals surface area contributed by atoms with Crippen molar-refractivity contribution in [3.63, 3.8) is 0 Å². The van der Waals surface area contributed by atoms with Crippen LogP contribution in [-0.4, -0.2) is 4.98 Å². The maximum atomic E-state index is 6.03. The highest BCUT2D eigenvalue weighted by atomic mass is 79.9. The van der Waals surface area contributed by atoms with Crippen LogP contribution in [0.25, 0.3) is 10.9 Å². The first-order chi connectivity index (χ1) is 6.31. The van der Waals surface area contributed by atoms with Crippen LogP contribution in [0.1, 0.15) is 5.56 Å². The molecule has 0 amide bonds. The summed E-state index contributed by atoms with van der Waals surface area (Å²) in [5.74, 6) is 0. The van der Waals surface area contributed by atoms with Crippen LogP contribution in [0.15, 0.2) is 30.5 Å². The SMILES string of the molecule is Clc1ccnc2ccc(CBr)cc12. The number of rotatable bonds is 1. The van der Waals surface area contributed by atoms with Crippen molar-refractivity contribution in [2.45, 2.75) is 5.33 Å². The zero-order valence-electron chi connectivity index (χ0n) is 6.80. The van der Waals surface area contributed by atoms with Gasteiger partial charge in [-0.05, 0) is 23.8 Å². The lowest BCUT2D eigenvalue weighted by molar-refractivity contribution is 1.39. The van der Waals surface area contributed by atoms with E-state index < -0.39 is 0 Å². The van der Waals surface area contributed by atoms with Crippen molar-refractivity contribution in [2.75, 3.05) is 0 Å². The second-order valence-corrected chi connectivity index (χ2v) is 3.75. The summed E-state index contributed by atoms with van der Waals surface area (Å²) >= 11 is 9.43. The van der Waals surface area contributed by atoms with Gasteiger partial charge in [-0.25, -0.2) is 0 Å². The Hall–Kier alpha value is -0.600. The molecule has 1 nitrogen and oxygen atoms in total. The Balaban J connectivity index is 2.74. The fourth-order valence-electron chi connectivity index (χ4n) is 1.24. The first kappa shape index (κ1) is 8.97. The summed E-state index contributed by atoms with van der Waals surface area (Å²) in [6, 6.07) is 7.89. The molecule has 1 aromatic carbocycles. The second-order valence-electron chi connectivity index (χ2n) is 2.78. The van der Waals surface area contributed by atoms with Crippen molar-refractivity contribution in [2.24, 2.45) is 0 Å². The number of nitrogens with zero attached hydrogens (tertiary/aromatic N) is 1. The Bertz CT molecular complexity index is 442. The predicted molar refractivity (Wildman–Crippen MR) is 59.4 cm³/mol. The molecule has 0 N–H and O–H groups in total. The zero-order chi connectivity index (χ0) is 9.26. The van der Waals surface area contributed by atoms with Crippen molar-refractivity contribution in [3.8, 4) is 0 Å². The second kappa shape index (κ2) is 3.64. The van der Waals surface area contributed by atoms with Crippen molar-refractivity contribution in [1.29, 1.82) is 0 Å². The molecule has 0 aliphatic carbocycles. The van der Waals surface area contributed by atoms with Crippen LogP contribution in [-0.2, 0) is 5.33 Å². The van der Waals surface area contributed by atoms with Crippen LogP contribution in [0.4, 0.5) is 0 Å². The first-order valence-electron chi connectivity index (χ1n) is 3.90. The van der Waals surface area contributed by atoms with Crippen molar-refractivity contribution < 1.29 is 0 Å². The van der Waals surface area contributed by atoms with Crippen LogP contribution >= 0.6 is 27.5 Å². The summed E-state index contributed by atoms with van der Waals surface area (Å²) in [5.41, 5.74) is 2.15. The summed E-state index contributed by atoms with van der Waals surface area (Å²) in [7, 11) is 0. The maximum absolute atomic E-state index is 6.03. The highest BCUT2D eigenvalue weighted by Crippen LogP contribution is 2.23. The average Bonchev–Trinajstić information content (AvgIpc) is 2.18. The van der Waals surface area contributed by atoms with E-state index in [0.717, 1.165) is 21.3 Å². The Morgan fingerprint density at radius 3 is 2.92 bits per heavy atom. The number of alkyl halides is 1. The molecule has 0 unspecified atom stereocenters. The van der Waals surface area contributed by atoms with E-state index in [1.165, 1.54) is 5.56 Å². The van der Waals surface area contributed by atoms with E-state index in [1.54, 1.807) is 6.20 Å². The maximum Gasteiger partial charge on any atom is 0.0717 e. The van der Waals surface area contributed by atoms with E-state index in [2.05, 4.69) is 27.0 Å². The Labute approximate surface area is 89.9 Å². The van der Waals surface area contributed by atoms with Crippen LogP contribution < -0.4 is 0 Å². The average molecular weight is 257 g/mol. The van der Waals surface area contributed by atoms with Gasteiger partial charge in [0.15, 0.2) is 0 Å². The van der Waals surface area contributed by atoms with Gasteiger partial charge < -0.3 is 0 Å². The number of pyridine rings is 1. The van der Waals surface area contributed by atoms with Gasteiger partial charge in [0.1, 0.15) is 0 Å². The summed E-state index contributed by atoms with van der Waals surface area (Å²) in [6.07, 6.45) is 1.72. The topological polar surface area (TPSA) is 12.9 Å². The van der Waals surface area contributed by atoms with Gasteiger partial charge in [-0.2, -0.15) is 0 Å². The zero-order valence-corrected chi connectivity index (χ0v) is 9.14. The van der Waals surface area contributed by atoms with Gasteiger partial charge in [-0.1, -0.05) is 33.6 Å². The molecule has 0 fully saturated rings. The van der Waals surface area contributed by atoms with Gasteiger partial charge in [-0.15, -0.1) is 0 Å². The quantitative estimate of drug-likeness (QED) is 0.708. The van der Waals surface area contributed by atoms with Crippen LogP contribution in [0, 0.1) is 0 Å². The van der Waals surface area contributed by atoms with E-state index in [-0.39, 0.29) is 0 Å². The number of benzene rings is 1. The first-order valence-corrected chi connectivity index (χ1v) is 5.40. The Kier molecular flexibility index (Phi) is 2.51. The van der Waals surface area contributed by atoms with Gasteiger partial charge in [-0.3, -0.25) is 4.98 Å². The van der Waals surface area contributed by atoms with Crippen molar-refractivity contribution in [1.82, 2.24) is 4.98 Å². The molecule has 1 heterocycles. The molecule has 0 aliphatic heterocycles. The van der Waals surface area contributed by atoms with Gasteiger partial charge in [0.2, 0.25) is 0 Å². The van der Waals surface area contributed by atoms with E-state index in [9.17, 15) is 0 Å². The summed E-state index contributed by atoms with van der Waals surface area (Å²) in [5, 5.41) is 2.61. The minimum atomic E-state index is 0.757. The van der Waals surface area contributed by atoms with E-state index >= 15 is 0 Å². The largest absolute Gasteiger partial charge is 0.256 e. The Morgan fingerprint density at radius 1 is 1.31 bits per heavy atom. The third-order valence-corrected chi connectivity index (χ3v) is 2.88. The molecule has 0 radical (unpaired) electrons. The molecule has 13 heavy (non-hydrogen) atoms. The van der Waals surface area contributed by atoms with Gasteiger partial charge in [0, 0.05) is 16.9 Å². The van der Waals surface area contributed by atoms with Crippen LogP contribution in [0.2, 0.25) is 5.02 Å². The highest BCUT2D eigenvalue weighted by Gasteiger charge is 1.99. The molecule has 0 bridgehead atoms. The number of hydrogen-bond acceptors (Lipinski definition) is 1. The summed E-state index contributed by atoms with van der Waals surface area (Å²) in [4.78, 5) is 4.22. The fourth-order valence-corrected chi connectivity index (χ4v) is 1.80. The molecule has 66 valence electrons. The van der Waals surface area contributed by atoms with Gasteiger partial charge in [0.05, 0.1) is 10.5 Å². The van der Waals surface area contributed by atoms with E-state index in [1.807, 2.05) is 18.2 Å². The van der Waals surface area contributed by atoms with Crippen LogP contribution in [0.3, 0.4) is 0 Å². The molecule has 0 spiro atoms. The van der Waals surface area contributed by atoms with Crippen molar-refractivity contribution >= 4 is 38.4 Å². The summed E-state index contributed by atoms with van der Waals surface area (Å²) < 4.78 is 0. The third kappa shape index (κ3) is 1.69. The predicted octanol–water partition coefficient (Wildman–Crippen LogP) is 3.78. The van der Waals surface area contributed by atoms with E-state index in [4.69, 9.17) is 11.6 Å². The number of halogens is 2. The molecule has 0 aliphatic rings. The Morgan fingerprint density at radius 2 is 2.15 bits per heavy atom. The smallest absolute Gasteiger partial charge is 0.0717 e. The minimum absolute atomic E-state index is 0.757. The normalized spacial score (nSPS) is 10.6. The van der Waals surface area contributed by atoms with Gasteiger partial charge in [0.25, 0.3) is 0 Å². The molecule has 3 heteroatoms. The molecular formula is C10H7BrClN. The molecule has 0 saturated carbocycles. The van der Waals surface area contributed by atoms with Crippen LogP contribution in [0.5, 0.6) is 0 Å². The monoisotopic (exact) mass is 255 g/mol. The van der Waals surface area contributed by atoms with Gasteiger partial charge >= 0.3 is 0 Å². The minimum Gasteiger partial charge on any atom is -0.256 e. The lowest BCUT2D eigenvalue weighted by Crippen LogP contribution is -1.82. The van der Waals surface area contributed by atoms with Crippen molar-refractivity contribution in [3.05, 3.63) is 41.0 Å². The lowest BCUT2D eigenvalue weighted by Gasteiger charge is -2.01. The van der Waals surface area contributed by atoms with E-state index in [0.29, 0.717) is 0 Å². The third-order valence-electron chi connectivity index (χ3n) is 1.91. The fraction of sp³-hybridized carbons (Fsp3) is 0.100. The molecule has 1 aromatic heterocycles. The number of aromatic nitrogens is 1.